The molecule has 0 aliphatic heterocycles. The summed E-state index contributed by atoms with van der Waals surface area (Å²) in [4.78, 5) is 16.6. The van der Waals surface area contributed by atoms with Gasteiger partial charge < -0.3 is 5.32 Å². The number of halogens is 1. The number of nitrogens with zero attached hydrogens (tertiary/aromatic N) is 4. The van der Waals surface area contributed by atoms with Gasteiger partial charge in [-0.2, -0.15) is 0 Å². The Hall–Kier alpha value is -1.75. The van der Waals surface area contributed by atoms with Crippen LogP contribution in [-0.2, 0) is 6.54 Å². The first-order valence-corrected chi connectivity index (χ1v) is 5.53. The molecule has 0 saturated carbocycles. The number of anilines is 1. The van der Waals surface area contributed by atoms with E-state index in [4.69, 9.17) is 11.6 Å². The minimum absolute atomic E-state index is 0.496. The van der Waals surface area contributed by atoms with Gasteiger partial charge in [0.2, 0.25) is 0 Å². The van der Waals surface area contributed by atoms with Crippen LogP contribution in [0.4, 0.5) is 5.82 Å². The third-order valence-electron chi connectivity index (χ3n) is 2.14. The molecule has 2 aromatic rings. The summed E-state index contributed by atoms with van der Waals surface area (Å²) in [7, 11) is 0. The average molecular weight is 250 g/mol. The van der Waals surface area contributed by atoms with Crippen molar-refractivity contribution >= 4 is 17.4 Å². The molecule has 0 amide bonds. The van der Waals surface area contributed by atoms with E-state index in [-0.39, 0.29) is 0 Å². The van der Waals surface area contributed by atoms with E-state index in [1.165, 1.54) is 0 Å². The number of nitrogens with one attached hydrogen (secondary N) is 1. The third kappa shape index (κ3) is 3.10. The summed E-state index contributed by atoms with van der Waals surface area (Å²) in [6.07, 6.45) is 5.03. The maximum Gasteiger partial charge on any atom is 0.148 e. The van der Waals surface area contributed by atoms with Gasteiger partial charge in [-0.05, 0) is 13.8 Å². The van der Waals surface area contributed by atoms with Gasteiger partial charge in [0.05, 0.1) is 30.3 Å². The molecule has 0 bridgehead atoms. The van der Waals surface area contributed by atoms with Gasteiger partial charge >= 0.3 is 0 Å². The van der Waals surface area contributed by atoms with E-state index in [0.29, 0.717) is 23.2 Å². The Labute approximate surface area is 104 Å². The van der Waals surface area contributed by atoms with Crippen molar-refractivity contribution in [3.63, 3.8) is 0 Å². The lowest BCUT2D eigenvalue weighted by Crippen LogP contribution is -2.05. The second-order valence-electron chi connectivity index (χ2n) is 3.62. The van der Waals surface area contributed by atoms with Crippen molar-refractivity contribution in [2.75, 3.05) is 5.32 Å². The van der Waals surface area contributed by atoms with E-state index >= 15 is 0 Å². The number of aryl methyl sites for hydroxylation is 2. The molecule has 0 aliphatic rings. The molecule has 0 fully saturated rings. The largest absolute Gasteiger partial charge is 0.363 e. The summed E-state index contributed by atoms with van der Waals surface area (Å²) in [6.45, 7) is 4.24. The summed E-state index contributed by atoms with van der Waals surface area (Å²) in [5.74, 6) is 1.29. The van der Waals surface area contributed by atoms with Gasteiger partial charge in [-0.3, -0.25) is 9.97 Å². The van der Waals surface area contributed by atoms with Crippen LogP contribution in [-0.4, -0.2) is 19.9 Å². The first-order valence-electron chi connectivity index (χ1n) is 5.15. The van der Waals surface area contributed by atoms with Crippen LogP contribution in [0.3, 0.4) is 0 Å². The minimum Gasteiger partial charge on any atom is -0.363 e. The molecular formula is C11H12ClN5. The van der Waals surface area contributed by atoms with E-state index in [1.54, 1.807) is 18.6 Å². The number of hydrogen-bond acceptors (Lipinski definition) is 5. The summed E-state index contributed by atoms with van der Waals surface area (Å²) in [6, 6.07) is 0. The molecule has 2 heterocycles. The minimum atomic E-state index is 0.496. The first kappa shape index (κ1) is 11.7. The first-order chi connectivity index (χ1) is 8.15. The predicted molar refractivity (Wildman–Crippen MR) is 65.9 cm³/mol. The quantitative estimate of drug-likeness (QED) is 0.903. The Morgan fingerprint density at radius 3 is 2.65 bits per heavy atom. The van der Waals surface area contributed by atoms with E-state index in [9.17, 15) is 0 Å². The molecule has 88 valence electrons. The number of rotatable bonds is 3. The highest BCUT2D eigenvalue weighted by Crippen LogP contribution is 2.17. The van der Waals surface area contributed by atoms with Crippen molar-refractivity contribution in [3.8, 4) is 0 Å². The van der Waals surface area contributed by atoms with Gasteiger partial charge in [-0.15, -0.1) is 0 Å². The van der Waals surface area contributed by atoms with Gasteiger partial charge in [0.15, 0.2) is 0 Å². The zero-order valence-corrected chi connectivity index (χ0v) is 10.4. The maximum absolute atomic E-state index is 5.96. The topological polar surface area (TPSA) is 63.6 Å². The molecule has 0 unspecified atom stereocenters. The molecule has 2 aromatic heterocycles. The third-order valence-corrected chi connectivity index (χ3v) is 2.41. The smallest absolute Gasteiger partial charge is 0.148 e. The molecule has 0 atom stereocenters. The highest BCUT2D eigenvalue weighted by molar-refractivity contribution is 6.32. The van der Waals surface area contributed by atoms with E-state index in [0.717, 1.165) is 11.4 Å². The Kier molecular flexibility index (Phi) is 3.49. The van der Waals surface area contributed by atoms with Crippen molar-refractivity contribution in [2.45, 2.75) is 20.4 Å². The van der Waals surface area contributed by atoms with Crippen molar-refractivity contribution in [2.24, 2.45) is 0 Å². The van der Waals surface area contributed by atoms with Gasteiger partial charge in [-0.1, -0.05) is 11.6 Å². The monoisotopic (exact) mass is 249 g/mol. The van der Waals surface area contributed by atoms with Gasteiger partial charge in [0, 0.05) is 6.20 Å². The second kappa shape index (κ2) is 5.05. The summed E-state index contributed by atoms with van der Waals surface area (Å²) in [5, 5.41) is 3.60. The fraction of sp³-hybridized carbons (Fsp3) is 0.273. The SMILES string of the molecule is Cc1cnc(CNc2nc(C)ncc2Cl)cn1. The highest BCUT2D eigenvalue weighted by Gasteiger charge is 2.03. The van der Waals surface area contributed by atoms with Gasteiger partial charge in [0.25, 0.3) is 0 Å². The Balaban J connectivity index is 2.07. The molecule has 5 nitrogen and oxygen atoms in total. The van der Waals surface area contributed by atoms with Crippen LogP contribution in [0.25, 0.3) is 0 Å². The van der Waals surface area contributed by atoms with Gasteiger partial charge in [0.1, 0.15) is 16.7 Å². The van der Waals surface area contributed by atoms with Gasteiger partial charge in [-0.25, -0.2) is 9.97 Å². The molecule has 0 saturated heterocycles. The molecule has 1 N–H and O–H groups in total. The predicted octanol–water partition coefficient (Wildman–Crippen LogP) is 2.15. The van der Waals surface area contributed by atoms with Crippen LogP contribution >= 0.6 is 11.6 Å². The molecular weight excluding hydrogens is 238 g/mol. The Bertz CT molecular complexity index is 512. The van der Waals surface area contributed by atoms with Crippen LogP contribution < -0.4 is 5.32 Å². The van der Waals surface area contributed by atoms with Crippen molar-refractivity contribution in [1.82, 2.24) is 19.9 Å². The standard InChI is InChI=1S/C11H12ClN5/c1-7-3-15-9(4-13-7)5-16-11-10(12)6-14-8(2)17-11/h3-4,6H,5H2,1-2H3,(H,14,16,17). The Morgan fingerprint density at radius 1 is 1.12 bits per heavy atom. The second-order valence-corrected chi connectivity index (χ2v) is 4.02. The molecule has 0 aromatic carbocycles. The Morgan fingerprint density at radius 2 is 1.94 bits per heavy atom. The fourth-order valence-corrected chi connectivity index (χ4v) is 1.42. The number of aromatic nitrogens is 4. The molecule has 17 heavy (non-hydrogen) atoms. The molecule has 2 rings (SSSR count). The zero-order chi connectivity index (χ0) is 12.3. The highest BCUT2D eigenvalue weighted by atomic mass is 35.5. The number of hydrogen-bond donors (Lipinski definition) is 1. The van der Waals surface area contributed by atoms with Crippen LogP contribution in [0.15, 0.2) is 18.6 Å². The molecule has 6 heteroatoms. The maximum atomic E-state index is 5.96. The summed E-state index contributed by atoms with van der Waals surface area (Å²) in [5.41, 5.74) is 1.73. The molecule has 0 radical (unpaired) electrons. The van der Waals surface area contributed by atoms with Crippen LogP contribution in [0.2, 0.25) is 5.02 Å². The lowest BCUT2D eigenvalue weighted by atomic mass is 10.4. The normalized spacial score (nSPS) is 10.3. The molecule has 0 aliphatic carbocycles. The van der Waals surface area contributed by atoms with Crippen LogP contribution in [0.5, 0.6) is 0 Å². The van der Waals surface area contributed by atoms with E-state index in [1.807, 2.05) is 13.8 Å². The fourth-order valence-electron chi connectivity index (χ4n) is 1.26. The van der Waals surface area contributed by atoms with E-state index < -0.39 is 0 Å². The lowest BCUT2D eigenvalue weighted by molar-refractivity contribution is 0.963. The van der Waals surface area contributed by atoms with Crippen molar-refractivity contribution < 1.29 is 0 Å². The zero-order valence-electron chi connectivity index (χ0n) is 9.61. The lowest BCUT2D eigenvalue weighted by Gasteiger charge is -2.07. The van der Waals surface area contributed by atoms with Crippen LogP contribution in [0, 0.1) is 13.8 Å². The summed E-state index contributed by atoms with van der Waals surface area (Å²) < 4.78 is 0. The molecule has 0 spiro atoms. The average Bonchev–Trinajstić information content (AvgIpc) is 2.32. The van der Waals surface area contributed by atoms with E-state index in [2.05, 4.69) is 25.3 Å². The van der Waals surface area contributed by atoms with Crippen molar-refractivity contribution in [1.29, 1.82) is 0 Å². The van der Waals surface area contributed by atoms with Crippen LogP contribution in [0.1, 0.15) is 17.2 Å². The van der Waals surface area contributed by atoms with Crippen molar-refractivity contribution in [3.05, 3.63) is 40.8 Å². The summed E-state index contributed by atoms with van der Waals surface area (Å²) >= 11 is 5.96.